The van der Waals surface area contributed by atoms with E-state index in [-0.39, 0.29) is 60.4 Å². The molecule has 3 aromatic carbocycles. The van der Waals surface area contributed by atoms with E-state index in [4.69, 9.17) is 66.7 Å². The van der Waals surface area contributed by atoms with Gasteiger partial charge in [0.2, 0.25) is 11.8 Å². The number of hydrogen-bond donors (Lipinski definition) is 4. The van der Waals surface area contributed by atoms with Crippen LogP contribution in [0.5, 0.6) is 11.8 Å². The molecule has 0 aliphatic carbocycles. The monoisotopic (exact) mass is 979 g/mol. The number of carboxylic acids is 1. The fourth-order valence-corrected chi connectivity index (χ4v) is 6.98. The Hall–Kier alpha value is -5.89. The van der Waals surface area contributed by atoms with E-state index in [1.54, 1.807) is 4.72 Å². The van der Waals surface area contributed by atoms with E-state index in [2.05, 4.69) is 25.4 Å². The maximum absolute atomic E-state index is 12.6. The normalized spacial score (nSPS) is 11.3. The Balaban J connectivity index is 0.000000265. The van der Waals surface area contributed by atoms with Gasteiger partial charge in [-0.1, -0.05) is 64.6 Å². The number of sulfonamides is 1. The average molecular weight is 981 g/mol. The van der Waals surface area contributed by atoms with Gasteiger partial charge in [0, 0.05) is 6.42 Å². The molecule has 0 aliphatic rings. The molecule has 62 heavy (non-hydrogen) atoms. The van der Waals surface area contributed by atoms with Crippen molar-refractivity contribution in [3.05, 3.63) is 107 Å². The number of carbonyl (C=O) groups excluding carboxylic acids is 1. The van der Waals surface area contributed by atoms with Gasteiger partial charge in [-0.05, 0) is 49.2 Å². The van der Waals surface area contributed by atoms with Crippen LogP contribution in [0.25, 0.3) is 5.69 Å². The molecule has 18 nitrogen and oxygen atoms in total. The first-order valence-electron chi connectivity index (χ1n) is 16.3. The number of anilines is 2. The molecule has 2 aromatic heterocycles. The van der Waals surface area contributed by atoms with Crippen molar-refractivity contribution >= 4 is 85.9 Å². The minimum atomic E-state index is -4.63. The number of methoxy groups -OCH3 is 2. The zero-order valence-electron chi connectivity index (χ0n) is 31.3. The van der Waals surface area contributed by atoms with Crippen LogP contribution in [0.3, 0.4) is 0 Å². The third kappa shape index (κ3) is 13.6. The number of nitrogens with zero attached hydrogens (tertiary/aromatic N) is 6. The quantitative estimate of drug-likeness (QED) is 0.0581. The lowest BCUT2D eigenvalue weighted by Crippen LogP contribution is -2.35. The number of nitro groups is 1. The lowest BCUT2D eigenvalue weighted by molar-refractivity contribution is -0.383. The first kappa shape index (κ1) is 50.5. The van der Waals surface area contributed by atoms with Crippen molar-refractivity contribution in [1.82, 2.24) is 29.5 Å². The number of nitrogens with two attached hydrogens (primary N) is 1. The van der Waals surface area contributed by atoms with Gasteiger partial charge in [-0.15, -0.1) is 0 Å². The standard InChI is InChI=1S/C15H16F3N5O4S.C10H5Cl2F3N4O2.C8H6Cl2O3/c1-9-19-12(22-14(20-9)27-2)21-13(24)23-28(25,26)11-6-4-3-5-10(11)7-8-15(16,17)18;11-5-1-4(10(13,14)15)2-6(12)8(5)18-9(16)7(3-17-18)19(20)21;1-13-7-5(10)3-2-4(9)6(7)8(11)12/h3-6H,7-8H2,1-2H3,(H2,19,20,21,22,23,24);1-3H,16H2;2-3H,1H3,(H,11,12). The Morgan fingerprint density at radius 1 is 0.935 bits per heavy atom. The Morgan fingerprint density at radius 3 is 2.03 bits per heavy atom. The first-order valence-corrected chi connectivity index (χ1v) is 19.2. The minimum absolute atomic E-state index is 0.0715. The molecule has 0 saturated carbocycles. The minimum Gasteiger partial charge on any atom is -0.494 e. The summed E-state index contributed by atoms with van der Waals surface area (Å²) in [5, 5.41) is 24.7. The van der Waals surface area contributed by atoms with E-state index in [9.17, 15) is 54.5 Å². The highest BCUT2D eigenvalue weighted by Gasteiger charge is 2.33. The lowest BCUT2D eigenvalue weighted by atomic mass is 10.1. The SMILES string of the molecule is COc1c(Cl)ccc(Cl)c1C(=O)O.COc1nc(C)nc(NC(=O)NS(=O)(=O)c2ccccc2CCC(F)(F)F)n1.Nc1c([N+](=O)[O-])cnn1-c1c(Cl)cc(C(F)(F)F)cc1Cl. The molecule has 0 saturated heterocycles. The van der Waals surface area contributed by atoms with Gasteiger partial charge in [0.25, 0.3) is 10.0 Å². The van der Waals surface area contributed by atoms with Crippen molar-refractivity contribution in [3.63, 3.8) is 0 Å². The van der Waals surface area contributed by atoms with Gasteiger partial charge in [-0.2, -0.15) is 46.4 Å². The number of amides is 2. The maximum Gasteiger partial charge on any atom is 0.416 e. The number of carboxylic acid groups (broad SMARTS) is 1. The summed E-state index contributed by atoms with van der Waals surface area (Å²) in [7, 11) is -1.81. The van der Waals surface area contributed by atoms with Gasteiger partial charge in [0.05, 0.1) is 49.7 Å². The van der Waals surface area contributed by atoms with Crippen molar-refractivity contribution in [3.8, 4) is 17.4 Å². The summed E-state index contributed by atoms with van der Waals surface area (Å²) < 4.78 is 112. The maximum atomic E-state index is 12.6. The van der Waals surface area contributed by atoms with Crippen molar-refractivity contribution in [2.75, 3.05) is 25.3 Å². The number of nitrogens with one attached hydrogen (secondary N) is 2. The van der Waals surface area contributed by atoms with E-state index in [1.165, 1.54) is 51.5 Å². The molecule has 0 spiro atoms. The zero-order chi connectivity index (χ0) is 46.9. The average Bonchev–Trinajstić information content (AvgIpc) is 3.54. The molecule has 2 amide bonds. The molecule has 29 heteroatoms. The summed E-state index contributed by atoms with van der Waals surface area (Å²) in [5.41, 5.74) is 3.60. The number of aromatic nitrogens is 5. The summed E-state index contributed by atoms with van der Waals surface area (Å²) >= 11 is 22.9. The molecule has 5 rings (SSSR count). The van der Waals surface area contributed by atoms with Crippen LogP contribution < -0.4 is 25.2 Å². The Morgan fingerprint density at radius 2 is 1.53 bits per heavy atom. The molecular weight excluding hydrogens is 954 g/mol. The predicted octanol–water partition coefficient (Wildman–Crippen LogP) is 8.58. The molecule has 0 fully saturated rings. The van der Waals surface area contributed by atoms with Crippen molar-refractivity contribution in [1.29, 1.82) is 0 Å². The van der Waals surface area contributed by atoms with Crippen LogP contribution in [0, 0.1) is 17.0 Å². The number of aromatic carboxylic acids is 1. The van der Waals surface area contributed by atoms with E-state index in [0.29, 0.717) is 12.1 Å². The second kappa shape index (κ2) is 20.8. The fourth-order valence-electron chi connectivity index (χ4n) is 4.69. The Bertz CT molecular complexity index is 2560. The van der Waals surface area contributed by atoms with E-state index in [0.717, 1.165) is 16.9 Å². The largest absolute Gasteiger partial charge is 0.494 e. The number of aryl methyl sites for hydroxylation is 2. The van der Waals surface area contributed by atoms with Gasteiger partial charge in [-0.3, -0.25) is 15.4 Å². The van der Waals surface area contributed by atoms with Gasteiger partial charge in [-0.25, -0.2) is 27.4 Å². The van der Waals surface area contributed by atoms with Gasteiger partial charge >= 0.3 is 36.1 Å². The molecule has 5 aromatic rings. The summed E-state index contributed by atoms with van der Waals surface area (Å²) in [5.74, 6) is -1.53. The summed E-state index contributed by atoms with van der Waals surface area (Å²) in [6.07, 6.45) is -9.98. The number of rotatable bonds is 10. The number of ether oxygens (including phenoxy) is 2. The molecule has 334 valence electrons. The highest BCUT2D eigenvalue weighted by atomic mass is 35.5. The second-order valence-corrected chi connectivity index (χ2v) is 14.9. The van der Waals surface area contributed by atoms with E-state index >= 15 is 0 Å². The van der Waals surface area contributed by atoms with Crippen LogP contribution in [-0.2, 0) is 22.6 Å². The van der Waals surface area contributed by atoms with Crippen molar-refractivity contribution in [2.24, 2.45) is 0 Å². The van der Waals surface area contributed by atoms with Crippen LogP contribution in [0.2, 0.25) is 20.1 Å². The fraction of sp³-hybridized carbons (Fsp3) is 0.212. The number of alkyl halides is 6. The second-order valence-electron chi connectivity index (χ2n) is 11.6. The van der Waals surface area contributed by atoms with Crippen molar-refractivity contribution < 1.29 is 63.9 Å². The van der Waals surface area contributed by atoms with E-state index in [1.807, 2.05) is 0 Å². The number of nitrogen functional groups attached to an aromatic ring is 1. The molecule has 2 heterocycles. The first-order chi connectivity index (χ1) is 28.7. The number of urea groups is 1. The number of benzene rings is 3. The van der Waals surface area contributed by atoms with Crippen LogP contribution in [-0.4, -0.2) is 75.6 Å². The van der Waals surface area contributed by atoms with E-state index < -0.39 is 74.1 Å². The third-order valence-electron chi connectivity index (χ3n) is 7.32. The zero-order valence-corrected chi connectivity index (χ0v) is 35.1. The van der Waals surface area contributed by atoms with Gasteiger partial charge < -0.3 is 20.3 Å². The molecule has 0 radical (unpaired) electrons. The Kier molecular flexibility index (Phi) is 16.9. The van der Waals surface area contributed by atoms with Gasteiger partial charge in [0.1, 0.15) is 23.3 Å². The Labute approximate surface area is 365 Å². The van der Waals surface area contributed by atoms with Gasteiger partial charge in [0.15, 0.2) is 5.75 Å². The number of hydrogen-bond acceptors (Lipinski definition) is 13. The smallest absolute Gasteiger partial charge is 0.416 e. The number of carbonyl (C=O) groups is 2. The molecular formula is C33H27Cl4F6N9O9S. The molecule has 5 N–H and O–H groups in total. The third-order valence-corrected chi connectivity index (χ3v) is 9.94. The van der Waals surface area contributed by atoms with Crippen molar-refractivity contribution in [2.45, 2.75) is 37.0 Å². The molecule has 0 aliphatic heterocycles. The summed E-state index contributed by atoms with van der Waals surface area (Å²) in [6, 6.07) is 7.97. The summed E-state index contributed by atoms with van der Waals surface area (Å²) in [4.78, 5) is 43.6. The lowest BCUT2D eigenvalue weighted by Gasteiger charge is -2.13. The van der Waals surface area contributed by atoms with Crippen LogP contribution in [0.1, 0.15) is 33.7 Å². The molecule has 0 unspecified atom stereocenters. The molecule has 0 bridgehead atoms. The van der Waals surface area contributed by atoms with Crippen LogP contribution >= 0.6 is 46.4 Å². The van der Waals surface area contributed by atoms with Crippen LogP contribution in [0.15, 0.2) is 59.6 Å². The molecule has 0 atom stereocenters. The number of halogens is 10. The highest BCUT2D eigenvalue weighted by molar-refractivity contribution is 7.90. The van der Waals surface area contributed by atoms with Crippen LogP contribution in [0.4, 0.5) is 48.6 Å². The summed E-state index contributed by atoms with van der Waals surface area (Å²) in [6.45, 7) is 1.50. The highest BCUT2D eigenvalue weighted by Crippen LogP contribution is 2.39. The predicted molar refractivity (Wildman–Crippen MR) is 211 cm³/mol. The topological polar surface area (TPSA) is 257 Å².